The van der Waals surface area contributed by atoms with E-state index in [-0.39, 0.29) is 28.6 Å². The molecular weight excluding hydrogens is 449 g/mol. The van der Waals surface area contributed by atoms with Crippen molar-refractivity contribution in [3.8, 4) is 0 Å². The van der Waals surface area contributed by atoms with Gasteiger partial charge in [-0.15, -0.1) is 0 Å². The number of amides is 1. The number of rotatable bonds is 8. The number of carbonyl (C=O) groups excluding carboxylic acids is 1. The second-order valence-corrected chi connectivity index (χ2v) is 9.40. The quantitative estimate of drug-likeness (QED) is 0.363. The predicted molar refractivity (Wildman–Crippen MR) is 115 cm³/mol. The smallest absolute Gasteiger partial charge is 0.449 e. The van der Waals surface area contributed by atoms with Crippen LogP contribution in [-0.2, 0) is 19.6 Å². The molecule has 1 aromatic carbocycles. The van der Waals surface area contributed by atoms with E-state index in [9.17, 15) is 26.4 Å². The molecule has 1 aromatic rings. The standard InChI is InChI=1S/C21H29F3N2O5S/c1-4-18(25-31-14-16-9-7-6-8-10-16)17-13-15(3)11-12-19(17)26(20(27)30-5-2)32(28,29)21(22,23)24/h11-13,16H,4-10,14H2,1-3H3/b25-18+. The Morgan fingerprint density at radius 3 is 2.41 bits per heavy atom. The first-order chi connectivity index (χ1) is 15.0. The van der Waals surface area contributed by atoms with Gasteiger partial charge in [0.15, 0.2) is 0 Å². The summed E-state index contributed by atoms with van der Waals surface area (Å²) in [6.45, 7) is 4.83. The van der Waals surface area contributed by atoms with Crippen molar-refractivity contribution in [3.63, 3.8) is 0 Å². The number of sulfonamides is 1. The Morgan fingerprint density at radius 2 is 1.84 bits per heavy atom. The van der Waals surface area contributed by atoms with Crippen LogP contribution in [0.15, 0.2) is 23.4 Å². The number of nitrogens with zero attached hydrogens (tertiary/aromatic N) is 2. The highest BCUT2D eigenvalue weighted by molar-refractivity contribution is 7.94. The number of aryl methyl sites for hydroxylation is 1. The van der Waals surface area contributed by atoms with E-state index in [0.717, 1.165) is 31.7 Å². The average molecular weight is 479 g/mol. The van der Waals surface area contributed by atoms with Gasteiger partial charge >= 0.3 is 21.6 Å². The first-order valence-corrected chi connectivity index (χ1v) is 12.0. The Kier molecular flexibility index (Phi) is 8.94. The highest BCUT2D eigenvalue weighted by atomic mass is 32.2. The number of hydrogen-bond acceptors (Lipinski definition) is 6. The Labute approximate surface area is 186 Å². The number of ether oxygens (including phenoxy) is 1. The summed E-state index contributed by atoms with van der Waals surface area (Å²) >= 11 is 0. The fourth-order valence-corrected chi connectivity index (χ4v) is 4.42. The number of halogens is 3. The molecule has 1 aliphatic carbocycles. The maximum Gasteiger partial charge on any atom is 0.517 e. The zero-order valence-corrected chi connectivity index (χ0v) is 19.3. The van der Waals surface area contributed by atoms with Crippen LogP contribution >= 0.6 is 0 Å². The fourth-order valence-electron chi connectivity index (χ4n) is 3.55. The van der Waals surface area contributed by atoms with Crippen LogP contribution in [0.3, 0.4) is 0 Å². The summed E-state index contributed by atoms with van der Waals surface area (Å²) in [6.07, 6.45) is 4.05. The van der Waals surface area contributed by atoms with Crippen LogP contribution in [0.25, 0.3) is 0 Å². The van der Waals surface area contributed by atoms with Crippen LogP contribution in [-0.4, -0.2) is 38.9 Å². The topological polar surface area (TPSA) is 85.3 Å². The molecule has 1 saturated carbocycles. The molecule has 0 bridgehead atoms. The molecule has 1 aliphatic rings. The maximum atomic E-state index is 13.4. The summed E-state index contributed by atoms with van der Waals surface area (Å²) in [4.78, 5) is 17.9. The van der Waals surface area contributed by atoms with Gasteiger partial charge in [-0.1, -0.05) is 43.0 Å². The zero-order chi connectivity index (χ0) is 23.9. The molecule has 0 aliphatic heterocycles. The summed E-state index contributed by atoms with van der Waals surface area (Å²) in [7, 11) is -6.06. The Hall–Kier alpha value is -2.30. The van der Waals surface area contributed by atoms with Crippen molar-refractivity contribution < 1.29 is 36.0 Å². The lowest BCUT2D eigenvalue weighted by Crippen LogP contribution is -2.45. The predicted octanol–water partition coefficient (Wildman–Crippen LogP) is 5.52. The van der Waals surface area contributed by atoms with Crippen LogP contribution in [0.5, 0.6) is 0 Å². The van der Waals surface area contributed by atoms with Gasteiger partial charge in [-0.25, -0.2) is 4.79 Å². The zero-order valence-electron chi connectivity index (χ0n) is 18.4. The maximum absolute atomic E-state index is 13.4. The molecule has 1 amide bonds. The van der Waals surface area contributed by atoms with Gasteiger partial charge in [-0.3, -0.25) is 0 Å². The fraction of sp³-hybridized carbons (Fsp3) is 0.619. The second-order valence-electron chi connectivity index (χ2n) is 7.63. The number of carbonyl (C=O) groups is 1. The molecule has 0 N–H and O–H groups in total. The van der Waals surface area contributed by atoms with Crippen molar-refractivity contribution in [1.82, 2.24) is 0 Å². The van der Waals surface area contributed by atoms with Crippen molar-refractivity contribution in [1.29, 1.82) is 0 Å². The molecule has 7 nitrogen and oxygen atoms in total. The van der Waals surface area contributed by atoms with Crippen LogP contribution in [0, 0.1) is 12.8 Å². The van der Waals surface area contributed by atoms with Gasteiger partial charge in [0.25, 0.3) is 0 Å². The number of oxime groups is 1. The van der Waals surface area contributed by atoms with E-state index < -0.39 is 27.3 Å². The molecule has 0 atom stereocenters. The van der Waals surface area contributed by atoms with Gasteiger partial charge in [0.1, 0.15) is 6.61 Å². The van der Waals surface area contributed by atoms with Crippen molar-refractivity contribution in [2.45, 2.75) is 64.8 Å². The van der Waals surface area contributed by atoms with Crippen molar-refractivity contribution in [3.05, 3.63) is 29.3 Å². The van der Waals surface area contributed by atoms with Gasteiger partial charge in [-0.2, -0.15) is 25.9 Å². The summed E-state index contributed by atoms with van der Waals surface area (Å²) in [5.41, 5.74) is -5.27. The second kappa shape index (κ2) is 11.0. The van der Waals surface area contributed by atoms with Crippen molar-refractivity contribution in [2.75, 3.05) is 17.5 Å². The van der Waals surface area contributed by atoms with Crippen LogP contribution < -0.4 is 4.31 Å². The lowest BCUT2D eigenvalue weighted by Gasteiger charge is -2.25. The monoisotopic (exact) mass is 478 g/mol. The number of hydrogen-bond donors (Lipinski definition) is 0. The highest BCUT2D eigenvalue weighted by Crippen LogP contribution is 2.34. The van der Waals surface area contributed by atoms with Gasteiger partial charge in [0.2, 0.25) is 0 Å². The van der Waals surface area contributed by atoms with E-state index >= 15 is 0 Å². The lowest BCUT2D eigenvalue weighted by atomic mass is 9.90. The molecule has 0 unspecified atom stereocenters. The average Bonchev–Trinajstić information content (AvgIpc) is 2.72. The Morgan fingerprint density at radius 1 is 1.19 bits per heavy atom. The van der Waals surface area contributed by atoms with E-state index in [4.69, 9.17) is 4.84 Å². The molecule has 1 fully saturated rings. The molecule has 11 heteroatoms. The molecule has 0 aromatic heterocycles. The highest BCUT2D eigenvalue weighted by Gasteiger charge is 2.53. The third-order valence-electron chi connectivity index (χ3n) is 5.19. The molecule has 0 radical (unpaired) electrons. The van der Waals surface area contributed by atoms with E-state index in [1.54, 1.807) is 13.8 Å². The van der Waals surface area contributed by atoms with Crippen molar-refractivity contribution in [2.24, 2.45) is 11.1 Å². The van der Waals surface area contributed by atoms with Gasteiger partial charge in [0.05, 0.1) is 18.0 Å². The first kappa shape index (κ1) is 26.0. The van der Waals surface area contributed by atoms with Crippen LogP contribution in [0.4, 0.5) is 23.7 Å². The molecule has 32 heavy (non-hydrogen) atoms. The number of anilines is 1. The third-order valence-corrected chi connectivity index (χ3v) is 6.60. The molecule has 0 saturated heterocycles. The molecular formula is C21H29F3N2O5S. The van der Waals surface area contributed by atoms with E-state index in [1.807, 2.05) is 0 Å². The summed E-state index contributed by atoms with van der Waals surface area (Å²) in [5.74, 6) is 0.351. The first-order valence-electron chi connectivity index (χ1n) is 10.6. The Balaban J connectivity index is 2.50. The minimum atomic E-state index is -6.06. The lowest BCUT2D eigenvalue weighted by molar-refractivity contribution is -0.0438. The minimum Gasteiger partial charge on any atom is -0.449 e. The largest absolute Gasteiger partial charge is 0.517 e. The van der Waals surface area contributed by atoms with Gasteiger partial charge < -0.3 is 9.57 Å². The van der Waals surface area contributed by atoms with E-state index in [1.165, 1.54) is 25.5 Å². The van der Waals surface area contributed by atoms with Crippen LogP contribution in [0.2, 0.25) is 0 Å². The summed E-state index contributed by atoms with van der Waals surface area (Å²) in [6, 6.07) is 4.02. The minimum absolute atomic E-state index is 0.0528. The molecule has 0 spiro atoms. The SMILES string of the molecule is CCOC(=O)N(c1ccc(C)cc1/C(CC)=N/OCC1CCCCC1)S(=O)(=O)C(F)(F)F. The summed E-state index contributed by atoms with van der Waals surface area (Å²) < 4.78 is 69.0. The van der Waals surface area contributed by atoms with Crippen molar-refractivity contribution >= 4 is 27.5 Å². The molecule has 0 heterocycles. The third kappa shape index (κ3) is 6.14. The number of alkyl halides is 3. The number of benzene rings is 1. The van der Waals surface area contributed by atoms with E-state index in [2.05, 4.69) is 9.89 Å². The van der Waals surface area contributed by atoms with Gasteiger partial charge in [-0.05, 0) is 51.2 Å². The van der Waals surface area contributed by atoms with Crippen LogP contribution in [0.1, 0.15) is 63.5 Å². The Bertz CT molecular complexity index is 926. The van der Waals surface area contributed by atoms with E-state index in [0.29, 0.717) is 18.1 Å². The van der Waals surface area contributed by atoms with Gasteiger partial charge in [0, 0.05) is 5.56 Å². The normalized spacial score (nSPS) is 16.0. The molecule has 2 rings (SSSR count). The summed E-state index contributed by atoms with van der Waals surface area (Å²) in [5, 5.41) is 4.10. The molecule has 180 valence electrons.